The average molecular weight is 1150 g/mol. The van der Waals surface area contributed by atoms with Crippen LogP contribution in [0.3, 0.4) is 0 Å². The van der Waals surface area contributed by atoms with Crippen molar-refractivity contribution in [2.24, 2.45) is 23.7 Å². The average Bonchev–Trinajstić information content (AvgIpc) is 4.10. The number of carbonyl (C=O) groups is 8. The molecule has 1 heterocycles. The Morgan fingerprint density at radius 3 is 1.37 bits per heavy atom. The Kier molecular flexibility index (Phi) is 22.4. The number of benzene rings is 4. The van der Waals surface area contributed by atoms with Crippen molar-refractivity contribution in [2.45, 2.75) is 70.0 Å². The smallest absolute Gasteiger partial charge is 0.330 e. The summed E-state index contributed by atoms with van der Waals surface area (Å²) < 4.78 is 55.6. The van der Waals surface area contributed by atoms with Gasteiger partial charge in [0.1, 0.15) is 59.9 Å². The van der Waals surface area contributed by atoms with Crippen LogP contribution in [-0.2, 0) is 68.5 Å². The van der Waals surface area contributed by atoms with Gasteiger partial charge in [-0.25, -0.2) is 24.2 Å². The van der Waals surface area contributed by atoms with E-state index in [1.54, 1.807) is 78.9 Å². The van der Waals surface area contributed by atoms with E-state index in [9.17, 15) is 43.6 Å². The van der Waals surface area contributed by atoms with Crippen molar-refractivity contribution in [2.75, 3.05) is 33.0 Å². The normalized spacial score (nSPS) is 17.0. The van der Waals surface area contributed by atoms with Crippen LogP contribution in [0.25, 0.3) is 20.8 Å². The fraction of sp³-hybridized carbons (Fsp3) is 0.323. The number of rotatable bonds is 27. The Balaban J connectivity index is 0.879. The lowest BCUT2D eigenvalue weighted by Crippen LogP contribution is -2.30. The van der Waals surface area contributed by atoms with E-state index in [0.29, 0.717) is 85.4 Å². The quantitative estimate of drug-likeness (QED) is 0.0205. The molecular weight excluding hydrogens is 1090 g/mol. The largest absolute Gasteiger partial charge is 0.490 e. The maximum absolute atomic E-state index is 13.8. The highest BCUT2D eigenvalue weighted by Gasteiger charge is 2.34. The molecule has 0 aliphatic heterocycles. The van der Waals surface area contributed by atoms with E-state index < -0.39 is 77.7 Å². The summed E-state index contributed by atoms with van der Waals surface area (Å²) in [5.74, 6) is -4.77. The first-order valence-corrected chi connectivity index (χ1v) is 27.4. The first-order valence-electron chi connectivity index (χ1n) is 26.6. The van der Waals surface area contributed by atoms with Crippen LogP contribution >= 0.6 is 11.3 Å². The molecule has 4 aromatic carbocycles. The third-order valence-corrected chi connectivity index (χ3v) is 14.7. The van der Waals surface area contributed by atoms with Crippen LogP contribution < -0.4 is 23.7 Å². The summed E-state index contributed by atoms with van der Waals surface area (Å²) in [7, 11) is 0. The van der Waals surface area contributed by atoms with Crippen molar-refractivity contribution in [3.8, 4) is 45.4 Å². The number of carbonyl (C=O) groups excluding carboxylic acids is 8. The summed E-state index contributed by atoms with van der Waals surface area (Å²) in [6.07, 6.45) is 5.63. The second-order valence-corrected chi connectivity index (χ2v) is 20.1. The van der Waals surface area contributed by atoms with Gasteiger partial charge in [0.2, 0.25) is 0 Å². The van der Waals surface area contributed by atoms with Gasteiger partial charge in [-0.3, -0.25) is 19.2 Å². The van der Waals surface area contributed by atoms with Gasteiger partial charge in [0.05, 0.1) is 46.6 Å². The van der Waals surface area contributed by atoms with Crippen LogP contribution in [-0.4, -0.2) is 98.0 Å². The number of nitriles is 1. The van der Waals surface area contributed by atoms with Crippen molar-refractivity contribution in [3.63, 3.8) is 0 Å². The highest BCUT2D eigenvalue weighted by Crippen LogP contribution is 2.39. The Morgan fingerprint density at radius 2 is 0.940 bits per heavy atom. The molecule has 2 aliphatic rings. The molecule has 83 heavy (non-hydrogen) atoms. The van der Waals surface area contributed by atoms with Crippen LogP contribution in [0.5, 0.6) is 28.7 Å². The van der Waals surface area contributed by atoms with Crippen molar-refractivity contribution < 1.29 is 85.7 Å². The molecule has 0 saturated heterocycles. The van der Waals surface area contributed by atoms with Crippen LogP contribution in [0.4, 0.5) is 0 Å². The maximum Gasteiger partial charge on any atom is 0.330 e. The lowest BCUT2D eigenvalue weighted by atomic mass is 9.82. The van der Waals surface area contributed by atoms with Crippen LogP contribution in [0, 0.1) is 35.0 Å². The monoisotopic (exact) mass is 1150 g/mol. The van der Waals surface area contributed by atoms with Crippen molar-refractivity contribution in [3.05, 3.63) is 147 Å². The molecule has 0 spiro atoms. The molecule has 2 aliphatic carbocycles. The molecule has 2 fully saturated rings. The van der Waals surface area contributed by atoms with Crippen molar-refractivity contribution in [1.82, 2.24) is 4.98 Å². The first-order chi connectivity index (χ1) is 40.1. The number of hydrogen-bond donors (Lipinski definition) is 0. The van der Waals surface area contributed by atoms with Crippen molar-refractivity contribution in [1.29, 1.82) is 5.26 Å². The molecular formula is C62H60N2O18S. The third kappa shape index (κ3) is 18.0. The van der Waals surface area contributed by atoms with Crippen molar-refractivity contribution >= 4 is 69.3 Å². The molecule has 1 aromatic heterocycles. The van der Waals surface area contributed by atoms with Gasteiger partial charge in [0, 0.05) is 36.3 Å². The van der Waals surface area contributed by atoms with E-state index in [2.05, 4.69) is 32.4 Å². The summed E-state index contributed by atoms with van der Waals surface area (Å²) >= 11 is 1.38. The molecule has 20 nitrogen and oxygen atoms in total. The Bertz CT molecular complexity index is 3220. The molecule has 0 bridgehead atoms. The molecule has 0 amide bonds. The van der Waals surface area contributed by atoms with Gasteiger partial charge in [0.15, 0.2) is 18.0 Å². The third-order valence-electron chi connectivity index (χ3n) is 13.5. The molecule has 21 heteroatoms. The number of aromatic nitrogens is 1. The van der Waals surface area contributed by atoms with Gasteiger partial charge in [-0.05, 0) is 124 Å². The Morgan fingerprint density at radius 1 is 0.518 bits per heavy atom. The highest BCUT2D eigenvalue weighted by atomic mass is 32.1. The van der Waals surface area contributed by atoms with Crippen LogP contribution in [0.15, 0.2) is 136 Å². The van der Waals surface area contributed by atoms with E-state index in [0.717, 1.165) is 40.1 Å². The number of thiazole rings is 1. The van der Waals surface area contributed by atoms with E-state index in [1.807, 2.05) is 6.07 Å². The lowest BCUT2D eigenvalue weighted by molar-refractivity contribution is -0.154. The molecule has 2 saturated carbocycles. The molecule has 7 rings (SSSR count). The number of hydrogen-bond acceptors (Lipinski definition) is 21. The highest BCUT2D eigenvalue weighted by molar-refractivity contribution is 7.21. The second kappa shape index (κ2) is 30.4. The molecule has 432 valence electrons. The summed E-state index contributed by atoms with van der Waals surface area (Å²) in [6.45, 7) is 12.6. The number of nitrogens with zero attached hydrogens (tertiary/aromatic N) is 2. The van der Waals surface area contributed by atoms with Crippen LogP contribution in [0.2, 0.25) is 0 Å². The van der Waals surface area contributed by atoms with Gasteiger partial charge in [0.25, 0.3) is 0 Å². The van der Waals surface area contributed by atoms with Gasteiger partial charge >= 0.3 is 47.8 Å². The Labute approximate surface area is 482 Å². The summed E-state index contributed by atoms with van der Waals surface area (Å²) in [6, 6.07) is 25.0. The number of ether oxygens (including phenoxy) is 10. The molecule has 2 unspecified atom stereocenters. The minimum absolute atomic E-state index is 0.0581. The van der Waals surface area contributed by atoms with Crippen LogP contribution in [0.1, 0.15) is 62.5 Å². The zero-order valence-corrected chi connectivity index (χ0v) is 46.1. The van der Waals surface area contributed by atoms with Gasteiger partial charge in [-0.2, -0.15) is 5.26 Å². The second-order valence-electron chi connectivity index (χ2n) is 19.1. The van der Waals surface area contributed by atoms with Gasteiger partial charge < -0.3 is 47.4 Å². The fourth-order valence-electron chi connectivity index (χ4n) is 8.94. The first kappa shape index (κ1) is 61.2. The SMILES string of the molecule is C=CC(=O)OCC(COc1ccc(OC(=O)C2CCC(C(=O)OCCc3ccc(OC(=O)C4CCC(C(=O)Oc5ccc(OCC(COC(=O)C=C)OC(=O)C=C)cc5)CC4)c4nc(-c5ccc(C#N)cc5)sc34)CC2)cc1)OC(=O)C=C. The minimum Gasteiger partial charge on any atom is -0.490 e. The minimum atomic E-state index is -0.926. The zero-order chi connectivity index (χ0) is 59.3. The predicted octanol–water partition coefficient (Wildman–Crippen LogP) is 9.06. The van der Waals surface area contributed by atoms with E-state index in [4.69, 9.17) is 52.4 Å². The number of esters is 8. The van der Waals surface area contributed by atoms with Gasteiger partial charge in [-0.1, -0.05) is 44.5 Å². The van der Waals surface area contributed by atoms with E-state index in [1.165, 1.54) is 11.3 Å². The van der Waals surface area contributed by atoms with E-state index >= 15 is 0 Å². The Hall–Kier alpha value is -9.42. The molecule has 5 aromatic rings. The van der Waals surface area contributed by atoms with E-state index in [-0.39, 0.29) is 56.3 Å². The molecule has 0 radical (unpaired) electrons. The fourth-order valence-corrected chi connectivity index (χ4v) is 10.1. The predicted molar refractivity (Wildman–Crippen MR) is 299 cm³/mol. The number of fused-ring (bicyclic) bond motifs is 1. The van der Waals surface area contributed by atoms with Gasteiger partial charge in [-0.15, -0.1) is 11.3 Å². The topological polar surface area (TPSA) is 266 Å². The molecule has 2 atom stereocenters. The molecule has 0 N–H and O–H groups in total. The standard InChI is InChI=1S/C62H60N2O18S/c1-5-52(65)76-36-49(78-54(67)7-3)34-74-45-22-26-47(27-23-45)80-60(70)42-15-13-41(14-16-42)59(69)73-32-31-39-21-30-51(56-57(39)83-58(64-56)40-11-9-38(33-63)10-12-40)82-62(72)44-19-17-43(18-20-44)61(71)81-48-28-24-46(25-29-48)75-35-50(79-55(68)8-4)37-77-53(66)6-2/h5-12,21-30,41-44,49-50H,1-4,13-20,31-32,34-37H2. The summed E-state index contributed by atoms with van der Waals surface area (Å²) in [4.78, 5) is 105. The zero-order valence-electron chi connectivity index (χ0n) is 45.2. The maximum atomic E-state index is 13.8. The summed E-state index contributed by atoms with van der Waals surface area (Å²) in [5.41, 5.74) is 2.49. The summed E-state index contributed by atoms with van der Waals surface area (Å²) in [5, 5.41) is 10.0. The lowest BCUT2D eigenvalue weighted by Gasteiger charge is -2.26.